The number of unbranched alkanes of at least 4 members (excludes halogenated alkanes) is 3. The molecule has 1 unspecified atom stereocenters. The van der Waals surface area contributed by atoms with Gasteiger partial charge in [-0.25, -0.2) is 0 Å². The molecule has 0 bridgehead atoms. The fraction of sp³-hybridized carbons (Fsp3) is 0.260. The summed E-state index contributed by atoms with van der Waals surface area (Å²) < 4.78 is 87.2. The molecule has 306 valence electrons. The van der Waals surface area contributed by atoms with Gasteiger partial charge < -0.3 is 19.1 Å². The van der Waals surface area contributed by atoms with Gasteiger partial charge >= 0.3 is 38.6 Å². The van der Waals surface area contributed by atoms with Crippen molar-refractivity contribution < 1.29 is 57.3 Å². The minimum Gasteiger partial charge on any atom is -0.496 e. The number of halogens is 6. The third kappa shape index (κ3) is 9.78. The number of aryl methyl sites for hydroxylation is 1. The molecule has 0 aliphatic heterocycles. The second kappa shape index (κ2) is 19.5. The maximum Gasteiger partial charge on any atom is 3.00 e. The second-order valence-electron chi connectivity index (χ2n) is 15.0. The van der Waals surface area contributed by atoms with Crippen LogP contribution in [-0.2, 0) is 44.0 Å². The third-order valence-electron chi connectivity index (χ3n) is 10.9. The molecule has 0 aromatic heterocycles. The second-order valence-corrected chi connectivity index (χ2v) is 17.5. The van der Waals surface area contributed by atoms with Crippen molar-refractivity contribution in [3.8, 4) is 28.0 Å². The first-order valence-corrected chi connectivity index (χ1v) is 21.8. The van der Waals surface area contributed by atoms with Crippen molar-refractivity contribution in [1.82, 2.24) is 0 Å². The van der Waals surface area contributed by atoms with Crippen LogP contribution < -0.4 is 9.92 Å². The zero-order chi connectivity index (χ0) is 41.1. The van der Waals surface area contributed by atoms with Crippen molar-refractivity contribution in [3.63, 3.8) is 0 Å². The minimum atomic E-state index is -5.23. The molecule has 2 radical (unpaired) electrons. The van der Waals surface area contributed by atoms with Crippen molar-refractivity contribution >= 4 is 36.4 Å². The van der Waals surface area contributed by atoms with Gasteiger partial charge in [-0.15, -0.1) is 39.1 Å². The van der Waals surface area contributed by atoms with Gasteiger partial charge in [-0.3, -0.25) is 0 Å². The first-order valence-electron chi connectivity index (χ1n) is 19.3. The SMILES string of the molecule is COc1ccc(-c2cccc3c2cc(C)[c-]3[Si](C)C)c(C(F)(F)F)c1C(F)(F)F.[CH2-]C1(CCCCCC)C(c2ccccc2-c2ccccc2)=Cc2ccccc21.[CH3-].[Zr+3]. The average Bonchev–Trinajstić information content (AvgIpc) is 3.69. The Morgan fingerprint density at radius 2 is 1.31 bits per heavy atom. The van der Waals surface area contributed by atoms with Crippen LogP contribution in [0.15, 0.2) is 115 Å². The Balaban J connectivity index is 0.000000252. The Hall–Kier alpha value is -4.07. The molecule has 1 nitrogen and oxygen atoms in total. The molecule has 1 atom stereocenters. The average molecular weight is 900 g/mol. The normalized spacial score (nSPS) is 14.8. The topological polar surface area (TPSA) is 9.23 Å². The number of hydrogen-bond donors (Lipinski definition) is 0. The van der Waals surface area contributed by atoms with Crippen LogP contribution in [0.5, 0.6) is 5.75 Å². The maximum atomic E-state index is 13.9. The van der Waals surface area contributed by atoms with Crippen molar-refractivity contribution in [2.24, 2.45) is 0 Å². The summed E-state index contributed by atoms with van der Waals surface area (Å²) >= 11 is 0. The van der Waals surface area contributed by atoms with Crippen molar-refractivity contribution in [2.75, 3.05) is 7.11 Å². The van der Waals surface area contributed by atoms with Crippen LogP contribution in [0.25, 0.3) is 44.7 Å². The van der Waals surface area contributed by atoms with Crippen LogP contribution in [0.1, 0.15) is 72.4 Å². The van der Waals surface area contributed by atoms with Crippen molar-refractivity contribution in [3.05, 3.63) is 163 Å². The number of fused-ring (bicyclic) bond motifs is 2. The third-order valence-corrected chi connectivity index (χ3v) is 12.6. The van der Waals surface area contributed by atoms with E-state index >= 15 is 0 Å². The molecule has 0 saturated heterocycles. The van der Waals surface area contributed by atoms with Crippen LogP contribution in [0.2, 0.25) is 13.1 Å². The van der Waals surface area contributed by atoms with E-state index in [0.717, 1.165) is 41.8 Å². The van der Waals surface area contributed by atoms with Crippen LogP contribution in [0.3, 0.4) is 0 Å². The van der Waals surface area contributed by atoms with Crippen molar-refractivity contribution in [1.29, 1.82) is 0 Å². The zero-order valence-electron chi connectivity index (χ0n) is 34.5. The summed E-state index contributed by atoms with van der Waals surface area (Å²) in [5, 5.41) is 2.39. The van der Waals surface area contributed by atoms with Gasteiger partial charge in [-0.1, -0.05) is 173 Å². The number of allylic oxidation sites excluding steroid dienone is 1. The van der Waals surface area contributed by atoms with Crippen LogP contribution in [0, 0.1) is 21.3 Å². The Bertz CT molecular complexity index is 2370. The number of methoxy groups -OCH3 is 1. The zero-order valence-corrected chi connectivity index (χ0v) is 37.9. The van der Waals surface area contributed by atoms with Crippen molar-refractivity contribution in [2.45, 2.75) is 76.8 Å². The molecule has 0 N–H and O–H groups in total. The minimum absolute atomic E-state index is 0. The monoisotopic (exact) mass is 898 g/mol. The van der Waals surface area contributed by atoms with Gasteiger partial charge in [0, 0.05) is 8.80 Å². The van der Waals surface area contributed by atoms with Gasteiger partial charge in [-0.05, 0) is 33.9 Å². The molecule has 1 aliphatic carbocycles. The van der Waals surface area contributed by atoms with Gasteiger partial charge in [-0.2, -0.15) is 32.4 Å². The van der Waals surface area contributed by atoms with E-state index in [4.69, 9.17) is 6.92 Å². The molecule has 7 rings (SSSR count). The van der Waals surface area contributed by atoms with E-state index in [1.54, 1.807) is 18.2 Å². The predicted octanol–water partition coefficient (Wildman–Crippen LogP) is 14.9. The van der Waals surface area contributed by atoms with Crippen LogP contribution in [0.4, 0.5) is 26.3 Å². The molecule has 1 aliphatic rings. The quantitative estimate of drug-likeness (QED) is 0.0576. The first-order chi connectivity index (χ1) is 27.1. The number of ether oxygens (including phenoxy) is 1. The smallest absolute Gasteiger partial charge is 0.496 e. The molecule has 0 spiro atoms. The summed E-state index contributed by atoms with van der Waals surface area (Å²) in [5.74, 6) is -0.854. The van der Waals surface area contributed by atoms with E-state index in [2.05, 4.69) is 110 Å². The Morgan fingerprint density at radius 3 is 1.93 bits per heavy atom. The molecular formula is C50H50F6OSiZr. The summed E-state index contributed by atoms with van der Waals surface area (Å²) in [5.41, 5.74) is 4.80. The standard InChI is InChI=1S/C28H29.C21H18F6OSi.CH3.Zr/c1-3-4-5-13-20-28(2)26-19-12-9-16-23(26)21-27(28)25-18-11-10-17-24(25)22-14-7-6-8-15-22;1-11-10-15-12(6-5-7-14(15)19(11)29(3)4)13-8-9-16(28-2)18(21(25,26)27)17(13)20(22,23)24;;/h6-12,14-19,21H,2-5,13,20H2,1H3;5-10H,1-4H3;1H3;/q3*-1;+3. The van der Waals surface area contributed by atoms with Crippen LogP contribution in [-0.4, -0.2) is 15.9 Å². The van der Waals surface area contributed by atoms with Gasteiger partial charge in [0.1, 0.15) is 11.3 Å². The molecule has 6 aromatic rings. The maximum absolute atomic E-state index is 13.9. The van der Waals surface area contributed by atoms with E-state index in [1.807, 2.05) is 6.92 Å². The van der Waals surface area contributed by atoms with E-state index in [-0.39, 0.29) is 44.6 Å². The summed E-state index contributed by atoms with van der Waals surface area (Å²) in [7, 11) is -0.00342. The Labute approximate surface area is 366 Å². The fourth-order valence-corrected chi connectivity index (χ4v) is 10.1. The molecular weight excluding hydrogens is 850 g/mol. The largest absolute Gasteiger partial charge is 3.00 e. The van der Waals surface area contributed by atoms with Gasteiger partial charge in [0.25, 0.3) is 0 Å². The Morgan fingerprint density at radius 1 is 0.695 bits per heavy atom. The molecule has 6 aromatic carbocycles. The Kier molecular flexibility index (Phi) is 15.8. The fourth-order valence-electron chi connectivity index (χ4n) is 8.44. The molecule has 59 heavy (non-hydrogen) atoms. The molecule has 0 fully saturated rings. The van der Waals surface area contributed by atoms with E-state index in [1.165, 1.54) is 65.1 Å². The summed E-state index contributed by atoms with van der Waals surface area (Å²) in [6.07, 6.45) is -1.90. The molecule has 0 amide bonds. The predicted molar refractivity (Wildman–Crippen MR) is 232 cm³/mol. The summed E-state index contributed by atoms with van der Waals surface area (Å²) in [6.45, 7) is 13.1. The molecule has 0 saturated carbocycles. The van der Waals surface area contributed by atoms with E-state index in [0.29, 0.717) is 5.39 Å². The van der Waals surface area contributed by atoms with Gasteiger partial charge in [0.15, 0.2) is 0 Å². The summed E-state index contributed by atoms with van der Waals surface area (Å²) in [4.78, 5) is 0. The van der Waals surface area contributed by atoms with E-state index in [9.17, 15) is 26.3 Å². The van der Waals surface area contributed by atoms with Gasteiger partial charge in [0.2, 0.25) is 0 Å². The molecule has 9 heteroatoms. The number of hydrogen-bond acceptors (Lipinski definition) is 1. The van der Waals surface area contributed by atoms with Crippen LogP contribution >= 0.6 is 0 Å². The molecule has 0 heterocycles. The number of benzene rings is 5. The first kappa shape index (κ1) is 47.6. The van der Waals surface area contributed by atoms with Gasteiger partial charge in [0.05, 0.1) is 12.7 Å². The summed E-state index contributed by atoms with van der Waals surface area (Å²) in [6, 6.07) is 36.9. The number of alkyl halides is 6. The number of rotatable bonds is 10. The van der Waals surface area contributed by atoms with E-state index < -0.39 is 43.6 Å².